The highest BCUT2D eigenvalue weighted by molar-refractivity contribution is 7.06. The van der Waals surface area contributed by atoms with Crippen LogP contribution in [0.25, 0.3) is 0 Å². The van der Waals surface area contributed by atoms with Gasteiger partial charge in [0.25, 0.3) is 0 Å². The Labute approximate surface area is 77.7 Å². The molecule has 0 aliphatic carbocycles. The molecule has 66 valence electrons. The van der Waals surface area contributed by atoms with Crippen LogP contribution in [0.5, 0.6) is 0 Å². The van der Waals surface area contributed by atoms with Crippen LogP contribution >= 0.6 is 11.3 Å². The smallest absolute Gasteiger partial charge is 0.255 e. The topological polar surface area (TPSA) is 60.7 Å². The Hall–Kier alpha value is -1.56. The van der Waals surface area contributed by atoms with E-state index in [0.29, 0.717) is 12.4 Å². The number of nitrogens with zero attached hydrogens (tertiary/aromatic N) is 4. The molecule has 0 unspecified atom stereocenters. The Kier molecular flexibility index (Phi) is 2.13. The Morgan fingerprint density at radius 1 is 1.38 bits per heavy atom. The Bertz CT molecular complexity index is 435. The van der Waals surface area contributed by atoms with Crippen molar-refractivity contribution < 1.29 is 0 Å². The first kappa shape index (κ1) is 8.06. The van der Waals surface area contributed by atoms with Gasteiger partial charge in [-0.3, -0.25) is 4.79 Å². The van der Waals surface area contributed by atoms with E-state index in [1.807, 2.05) is 0 Å². The maximum Gasteiger partial charge on any atom is 0.325 e. The average molecular weight is 194 g/mol. The molecule has 0 spiro atoms. The van der Waals surface area contributed by atoms with Crippen molar-refractivity contribution in [3.63, 3.8) is 0 Å². The van der Waals surface area contributed by atoms with Crippen LogP contribution in [-0.4, -0.2) is 19.7 Å². The van der Waals surface area contributed by atoms with Crippen LogP contribution in [-0.2, 0) is 6.54 Å². The Morgan fingerprint density at radius 2 is 2.15 bits per heavy atom. The minimum atomic E-state index is -0.0903. The van der Waals surface area contributed by atoms with E-state index in [1.165, 1.54) is 10.2 Å². The zero-order chi connectivity index (χ0) is 9.10. The minimum absolute atomic E-state index is 0.0903. The summed E-state index contributed by atoms with van der Waals surface area (Å²) in [4.78, 5) is 19.0. The first-order valence-corrected chi connectivity index (χ1v) is 4.51. The van der Waals surface area contributed by atoms with Gasteiger partial charge in [0.1, 0.15) is 17.9 Å². The molecule has 0 radical (unpaired) electrons. The standard InChI is InChI=1S/C7H6N4OS/c12-7-11(10-5-13-7)4-6-8-2-1-3-9-6/h1-3,5H,4H2. The summed E-state index contributed by atoms with van der Waals surface area (Å²) in [6.07, 6.45) is 3.28. The molecule has 0 amide bonds. The van der Waals surface area contributed by atoms with Gasteiger partial charge in [-0.15, -0.1) is 0 Å². The summed E-state index contributed by atoms with van der Waals surface area (Å²) in [7, 11) is 0. The predicted octanol–water partition coefficient (Wildman–Crippen LogP) is 0.143. The molecular weight excluding hydrogens is 188 g/mol. The third-order valence-electron chi connectivity index (χ3n) is 1.46. The molecular formula is C7H6N4OS. The molecule has 0 atom stereocenters. The highest BCUT2D eigenvalue weighted by atomic mass is 32.1. The summed E-state index contributed by atoms with van der Waals surface area (Å²) >= 11 is 1.06. The molecule has 0 saturated heterocycles. The molecule has 0 bridgehead atoms. The van der Waals surface area contributed by atoms with Crippen LogP contribution < -0.4 is 4.87 Å². The van der Waals surface area contributed by atoms with E-state index in [1.54, 1.807) is 18.5 Å². The van der Waals surface area contributed by atoms with Gasteiger partial charge in [0, 0.05) is 12.4 Å². The summed E-state index contributed by atoms with van der Waals surface area (Å²) in [5, 5.41) is 3.85. The fourth-order valence-electron chi connectivity index (χ4n) is 0.884. The minimum Gasteiger partial charge on any atom is -0.255 e. The van der Waals surface area contributed by atoms with Crippen molar-refractivity contribution in [1.29, 1.82) is 0 Å². The lowest BCUT2D eigenvalue weighted by atomic mass is 10.5. The third kappa shape index (κ3) is 1.78. The van der Waals surface area contributed by atoms with Gasteiger partial charge >= 0.3 is 4.87 Å². The van der Waals surface area contributed by atoms with Gasteiger partial charge in [-0.2, -0.15) is 5.10 Å². The second-order valence-corrected chi connectivity index (χ2v) is 3.12. The van der Waals surface area contributed by atoms with Crippen LogP contribution in [0.15, 0.2) is 28.8 Å². The van der Waals surface area contributed by atoms with Crippen LogP contribution in [0.1, 0.15) is 5.82 Å². The molecule has 6 heteroatoms. The fourth-order valence-corrected chi connectivity index (χ4v) is 1.37. The van der Waals surface area contributed by atoms with Crippen LogP contribution in [0.2, 0.25) is 0 Å². The predicted molar refractivity (Wildman–Crippen MR) is 47.5 cm³/mol. The second kappa shape index (κ2) is 3.44. The van der Waals surface area contributed by atoms with Crippen molar-refractivity contribution >= 4 is 11.3 Å². The van der Waals surface area contributed by atoms with E-state index in [-0.39, 0.29) is 4.87 Å². The number of hydrogen-bond donors (Lipinski definition) is 0. The molecule has 2 aromatic heterocycles. The lowest BCUT2D eigenvalue weighted by Gasteiger charge is -1.96. The highest BCUT2D eigenvalue weighted by Gasteiger charge is 2.00. The first-order chi connectivity index (χ1) is 6.36. The zero-order valence-electron chi connectivity index (χ0n) is 6.62. The molecule has 0 aromatic carbocycles. The average Bonchev–Trinajstić information content (AvgIpc) is 2.54. The van der Waals surface area contributed by atoms with Gasteiger partial charge in [-0.1, -0.05) is 11.3 Å². The molecule has 2 aromatic rings. The number of aromatic nitrogens is 4. The highest BCUT2D eigenvalue weighted by Crippen LogP contribution is 1.90. The molecule has 0 fully saturated rings. The maximum atomic E-state index is 11.1. The van der Waals surface area contributed by atoms with E-state index in [4.69, 9.17) is 0 Å². The van der Waals surface area contributed by atoms with E-state index in [2.05, 4.69) is 15.1 Å². The van der Waals surface area contributed by atoms with Gasteiger partial charge in [0.05, 0.1) is 0 Å². The van der Waals surface area contributed by atoms with E-state index in [9.17, 15) is 4.79 Å². The van der Waals surface area contributed by atoms with Gasteiger partial charge in [0.2, 0.25) is 0 Å². The molecule has 0 aliphatic rings. The molecule has 0 saturated carbocycles. The number of rotatable bonds is 2. The van der Waals surface area contributed by atoms with Crippen molar-refractivity contribution in [2.75, 3.05) is 0 Å². The molecule has 0 aliphatic heterocycles. The van der Waals surface area contributed by atoms with Crippen LogP contribution in [0, 0.1) is 0 Å². The molecule has 2 heterocycles. The lowest BCUT2D eigenvalue weighted by Crippen LogP contribution is -2.16. The summed E-state index contributed by atoms with van der Waals surface area (Å²) in [5.41, 5.74) is 1.51. The van der Waals surface area contributed by atoms with Gasteiger partial charge in [0.15, 0.2) is 0 Å². The molecule has 13 heavy (non-hydrogen) atoms. The van der Waals surface area contributed by atoms with Crippen LogP contribution in [0.4, 0.5) is 0 Å². The van der Waals surface area contributed by atoms with Gasteiger partial charge in [-0.05, 0) is 6.07 Å². The van der Waals surface area contributed by atoms with Crippen molar-refractivity contribution in [2.45, 2.75) is 6.54 Å². The van der Waals surface area contributed by atoms with E-state index in [0.717, 1.165) is 11.3 Å². The molecule has 5 nitrogen and oxygen atoms in total. The maximum absolute atomic E-state index is 11.1. The Balaban J connectivity index is 2.25. The first-order valence-electron chi connectivity index (χ1n) is 3.63. The summed E-state index contributed by atoms with van der Waals surface area (Å²) < 4.78 is 1.33. The zero-order valence-corrected chi connectivity index (χ0v) is 7.44. The Morgan fingerprint density at radius 3 is 2.77 bits per heavy atom. The van der Waals surface area contributed by atoms with Crippen LogP contribution in [0.3, 0.4) is 0 Å². The molecule has 2 rings (SSSR count). The third-order valence-corrected chi connectivity index (χ3v) is 2.07. The van der Waals surface area contributed by atoms with Gasteiger partial charge < -0.3 is 0 Å². The second-order valence-electron chi connectivity index (χ2n) is 2.33. The fraction of sp³-hybridized carbons (Fsp3) is 0.143. The van der Waals surface area contributed by atoms with Gasteiger partial charge in [-0.25, -0.2) is 14.6 Å². The SMILES string of the molecule is O=c1scnn1Cc1ncccn1. The van der Waals surface area contributed by atoms with Crippen molar-refractivity contribution in [1.82, 2.24) is 19.7 Å². The van der Waals surface area contributed by atoms with Crippen molar-refractivity contribution in [3.05, 3.63) is 39.5 Å². The van der Waals surface area contributed by atoms with E-state index >= 15 is 0 Å². The normalized spacial score (nSPS) is 10.2. The van der Waals surface area contributed by atoms with E-state index < -0.39 is 0 Å². The molecule has 0 N–H and O–H groups in total. The largest absolute Gasteiger partial charge is 0.325 e. The summed E-state index contributed by atoms with van der Waals surface area (Å²) in [6.45, 7) is 0.336. The summed E-state index contributed by atoms with van der Waals surface area (Å²) in [5.74, 6) is 0.593. The summed E-state index contributed by atoms with van der Waals surface area (Å²) in [6, 6.07) is 1.73. The lowest BCUT2D eigenvalue weighted by molar-refractivity contribution is 0.637. The van der Waals surface area contributed by atoms with Crippen molar-refractivity contribution in [3.8, 4) is 0 Å². The monoisotopic (exact) mass is 194 g/mol. The quantitative estimate of drug-likeness (QED) is 0.682. The van der Waals surface area contributed by atoms with Crippen molar-refractivity contribution in [2.24, 2.45) is 0 Å². The number of hydrogen-bond acceptors (Lipinski definition) is 5.